The Balaban J connectivity index is 1.81. The first-order valence-corrected chi connectivity index (χ1v) is 7.40. The highest BCUT2D eigenvalue weighted by Gasteiger charge is 2.11. The predicted molar refractivity (Wildman–Crippen MR) is 86.4 cm³/mol. The molecule has 24 heavy (non-hydrogen) atoms. The highest BCUT2D eigenvalue weighted by Crippen LogP contribution is 2.22. The van der Waals surface area contributed by atoms with Crippen LogP contribution in [0, 0.1) is 11.6 Å². The number of rotatable bonds is 4. The predicted octanol–water partition coefficient (Wildman–Crippen LogP) is 4.74. The molecule has 3 rings (SSSR count). The average Bonchev–Trinajstić information content (AvgIpc) is 2.57. The number of hydrogen-bond donors (Lipinski definition) is 0. The third-order valence-corrected chi connectivity index (χ3v) is 3.46. The lowest BCUT2D eigenvalue weighted by Gasteiger charge is -2.07. The van der Waals surface area contributed by atoms with Crippen LogP contribution < -0.4 is 9.47 Å². The monoisotopic (exact) mass is 328 g/mol. The lowest BCUT2D eigenvalue weighted by atomic mass is 10.1. The van der Waals surface area contributed by atoms with Crippen molar-refractivity contribution in [3.05, 3.63) is 71.8 Å². The van der Waals surface area contributed by atoms with Crippen LogP contribution in [-0.4, -0.2) is 12.6 Å². The van der Waals surface area contributed by atoms with Gasteiger partial charge in [-0.2, -0.15) is 0 Å². The molecule has 0 saturated heterocycles. The van der Waals surface area contributed by atoms with Gasteiger partial charge in [0.05, 0.1) is 12.2 Å². The zero-order valence-electron chi connectivity index (χ0n) is 12.9. The molecule has 0 bridgehead atoms. The molecule has 0 aliphatic carbocycles. The van der Waals surface area contributed by atoms with Crippen LogP contribution >= 0.6 is 0 Å². The fourth-order valence-corrected chi connectivity index (χ4v) is 2.31. The Morgan fingerprint density at radius 2 is 1.50 bits per heavy atom. The molecule has 3 aromatic rings. The van der Waals surface area contributed by atoms with Crippen molar-refractivity contribution < 1.29 is 23.0 Å². The third-order valence-electron chi connectivity index (χ3n) is 3.46. The number of ether oxygens (including phenoxy) is 2. The summed E-state index contributed by atoms with van der Waals surface area (Å²) in [6.45, 7) is 2.43. The molecule has 5 heteroatoms. The van der Waals surface area contributed by atoms with Crippen molar-refractivity contribution in [1.82, 2.24) is 0 Å². The van der Waals surface area contributed by atoms with E-state index in [2.05, 4.69) is 0 Å². The summed E-state index contributed by atoms with van der Waals surface area (Å²) in [5.41, 5.74) is 0.252. The summed E-state index contributed by atoms with van der Waals surface area (Å²) < 4.78 is 37.1. The summed E-state index contributed by atoms with van der Waals surface area (Å²) in [7, 11) is 0. The van der Waals surface area contributed by atoms with Crippen LogP contribution in [-0.2, 0) is 0 Å². The Morgan fingerprint density at radius 1 is 0.875 bits per heavy atom. The van der Waals surface area contributed by atoms with Gasteiger partial charge in [-0.3, -0.25) is 0 Å². The summed E-state index contributed by atoms with van der Waals surface area (Å²) in [5, 5.41) is 0.932. The Hall–Kier alpha value is -2.95. The van der Waals surface area contributed by atoms with Gasteiger partial charge in [-0.15, -0.1) is 0 Å². The molecular formula is C19H14F2O3. The van der Waals surface area contributed by atoms with Gasteiger partial charge in [-0.05, 0) is 66.2 Å². The SMILES string of the molecule is CCOc1ccc(OC(=O)c2ccc3cc(F)c(F)cc3c2)cc1. The summed E-state index contributed by atoms with van der Waals surface area (Å²) >= 11 is 0. The van der Waals surface area contributed by atoms with Gasteiger partial charge in [0.2, 0.25) is 0 Å². The largest absolute Gasteiger partial charge is 0.494 e. The van der Waals surface area contributed by atoms with E-state index in [0.717, 1.165) is 12.1 Å². The van der Waals surface area contributed by atoms with Crippen LogP contribution in [0.15, 0.2) is 54.6 Å². The highest BCUT2D eigenvalue weighted by molar-refractivity contribution is 5.96. The van der Waals surface area contributed by atoms with E-state index in [4.69, 9.17) is 9.47 Å². The number of hydrogen-bond acceptors (Lipinski definition) is 3. The highest BCUT2D eigenvalue weighted by atomic mass is 19.2. The number of fused-ring (bicyclic) bond motifs is 1. The minimum Gasteiger partial charge on any atom is -0.494 e. The maximum atomic E-state index is 13.3. The first kappa shape index (κ1) is 15.9. The number of carbonyl (C=O) groups excluding carboxylic acids is 1. The second kappa shape index (κ2) is 6.66. The van der Waals surface area contributed by atoms with E-state index in [-0.39, 0.29) is 5.56 Å². The van der Waals surface area contributed by atoms with Crippen molar-refractivity contribution in [2.45, 2.75) is 6.92 Å². The van der Waals surface area contributed by atoms with Crippen molar-refractivity contribution in [1.29, 1.82) is 0 Å². The fourth-order valence-electron chi connectivity index (χ4n) is 2.31. The molecule has 3 nitrogen and oxygen atoms in total. The van der Waals surface area contributed by atoms with Crippen molar-refractivity contribution in [2.24, 2.45) is 0 Å². The molecule has 0 saturated carbocycles. The van der Waals surface area contributed by atoms with Gasteiger partial charge >= 0.3 is 5.97 Å². The van der Waals surface area contributed by atoms with E-state index in [0.29, 0.717) is 28.9 Å². The summed E-state index contributed by atoms with van der Waals surface area (Å²) in [5.74, 6) is -1.41. The number of halogens is 2. The molecular weight excluding hydrogens is 314 g/mol. The maximum absolute atomic E-state index is 13.3. The minimum absolute atomic E-state index is 0.252. The van der Waals surface area contributed by atoms with Gasteiger partial charge in [-0.25, -0.2) is 13.6 Å². The number of benzene rings is 3. The van der Waals surface area contributed by atoms with Crippen LogP contribution in [0.3, 0.4) is 0 Å². The van der Waals surface area contributed by atoms with E-state index in [1.54, 1.807) is 30.3 Å². The van der Waals surface area contributed by atoms with Gasteiger partial charge < -0.3 is 9.47 Å². The Bertz CT molecular complexity index is 889. The Labute approximate surface area is 137 Å². The average molecular weight is 328 g/mol. The molecule has 0 atom stereocenters. The van der Waals surface area contributed by atoms with E-state index < -0.39 is 17.6 Å². The van der Waals surface area contributed by atoms with Crippen molar-refractivity contribution in [3.63, 3.8) is 0 Å². The third kappa shape index (κ3) is 3.35. The molecule has 3 aromatic carbocycles. The maximum Gasteiger partial charge on any atom is 0.343 e. The van der Waals surface area contributed by atoms with Crippen LogP contribution in [0.25, 0.3) is 10.8 Å². The first-order chi connectivity index (χ1) is 11.6. The van der Waals surface area contributed by atoms with E-state index >= 15 is 0 Å². The van der Waals surface area contributed by atoms with Crippen LogP contribution in [0.2, 0.25) is 0 Å². The van der Waals surface area contributed by atoms with Gasteiger partial charge in [0.25, 0.3) is 0 Å². The van der Waals surface area contributed by atoms with Crippen LogP contribution in [0.4, 0.5) is 8.78 Å². The minimum atomic E-state index is -0.959. The molecule has 0 aliphatic heterocycles. The number of carbonyl (C=O) groups is 1. The van der Waals surface area contributed by atoms with Crippen molar-refractivity contribution in [3.8, 4) is 11.5 Å². The summed E-state index contributed by atoms with van der Waals surface area (Å²) in [4.78, 5) is 12.2. The fraction of sp³-hybridized carbons (Fsp3) is 0.105. The second-order valence-electron chi connectivity index (χ2n) is 5.12. The van der Waals surface area contributed by atoms with Crippen molar-refractivity contribution in [2.75, 3.05) is 6.61 Å². The van der Waals surface area contributed by atoms with Crippen LogP contribution in [0.1, 0.15) is 17.3 Å². The summed E-state index contributed by atoms with van der Waals surface area (Å²) in [6, 6.07) is 13.3. The zero-order chi connectivity index (χ0) is 17.1. The van der Waals surface area contributed by atoms with E-state index in [9.17, 15) is 13.6 Å². The molecule has 0 amide bonds. The normalized spacial score (nSPS) is 10.6. The molecule has 0 spiro atoms. The molecule has 0 unspecified atom stereocenters. The molecule has 0 N–H and O–H groups in total. The molecule has 0 aromatic heterocycles. The molecule has 0 aliphatic rings. The second-order valence-corrected chi connectivity index (χ2v) is 5.12. The molecule has 0 heterocycles. The van der Waals surface area contributed by atoms with E-state index in [1.807, 2.05) is 6.92 Å². The smallest absolute Gasteiger partial charge is 0.343 e. The summed E-state index contributed by atoms with van der Waals surface area (Å²) in [6.07, 6.45) is 0. The van der Waals surface area contributed by atoms with E-state index in [1.165, 1.54) is 12.1 Å². The topological polar surface area (TPSA) is 35.5 Å². The van der Waals surface area contributed by atoms with Crippen LogP contribution in [0.5, 0.6) is 11.5 Å². The quantitative estimate of drug-likeness (QED) is 0.513. The molecule has 0 radical (unpaired) electrons. The number of esters is 1. The van der Waals surface area contributed by atoms with Gasteiger partial charge in [0.15, 0.2) is 11.6 Å². The Kier molecular flexibility index (Phi) is 4.42. The van der Waals surface area contributed by atoms with Gasteiger partial charge in [-0.1, -0.05) is 6.07 Å². The lowest BCUT2D eigenvalue weighted by molar-refractivity contribution is 0.0734. The molecule has 0 fully saturated rings. The van der Waals surface area contributed by atoms with Gasteiger partial charge in [0.1, 0.15) is 11.5 Å². The molecule has 122 valence electrons. The first-order valence-electron chi connectivity index (χ1n) is 7.40. The lowest BCUT2D eigenvalue weighted by Crippen LogP contribution is -2.08. The standard InChI is InChI=1S/C19H14F2O3/c1-2-23-15-5-7-16(8-6-15)24-19(22)13-4-3-12-10-17(20)18(21)11-14(12)9-13/h3-11H,2H2,1H3. The zero-order valence-corrected chi connectivity index (χ0v) is 12.9. The van der Waals surface area contributed by atoms with Crippen molar-refractivity contribution >= 4 is 16.7 Å². The Morgan fingerprint density at radius 3 is 2.17 bits per heavy atom. The van der Waals surface area contributed by atoms with Gasteiger partial charge in [0, 0.05) is 0 Å².